The van der Waals surface area contributed by atoms with Gasteiger partial charge in [0.2, 0.25) is 11.8 Å². The molecule has 2 aliphatic rings. The smallest absolute Gasteiger partial charge is 0.247 e. The molecule has 0 aromatic heterocycles. The van der Waals surface area contributed by atoms with Crippen LogP contribution in [-0.2, 0) is 9.59 Å². The summed E-state index contributed by atoms with van der Waals surface area (Å²) in [5, 5.41) is 0. The molecule has 1 atom stereocenters. The first-order chi connectivity index (χ1) is 11.6. The van der Waals surface area contributed by atoms with Gasteiger partial charge in [0.25, 0.3) is 0 Å². The Morgan fingerprint density at radius 2 is 1.75 bits per heavy atom. The second-order valence-electron chi connectivity index (χ2n) is 6.46. The van der Waals surface area contributed by atoms with Gasteiger partial charge in [-0.15, -0.1) is 0 Å². The maximum absolute atomic E-state index is 13.0. The Balaban J connectivity index is 1.57. The first-order valence-corrected chi connectivity index (χ1v) is 8.69. The van der Waals surface area contributed by atoms with Crippen LogP contribution in [-0.4, -0.2) is 60.4 Å². The van der Waals surface area contributed by atoms with Crippen molar-refractivity contribution in [3.63, 3.8) is 0 Å². The first-order valence-electron chi connectivity index (χ1n) is 8.69. The number of nitrogens with zero attached hydrogens (tertiary/aromatic N) is 3. The van der Waals surface area contributed by atoms with Crippen molar-refractivity contribution in [2.75, 3.05) is 37.6 Å². The molecule has 1 aromatic carbocycles. The number of carbonyl (C=O) groups excluding carboxylic acids is 2. The highest BCUT2D eigenvalue weighted by atomic mass is 19.1. The van der Waals surface area contributed by atoms with Gasteiger partial charge in [-0.2, -0.15) is 0 Å². The molecule has 0 radical (unpaired) electrons. The van der Waals surface area contributed by atoms with E-state index in [1.807, 2.05) is 0 Å². The molecule has 5 nitrogen and oxygen atoms in total. The van der Waals surface area contributed by atoms with Crippen molar-refractivity contribution in [1.29, 1.82) is 0 Å². The Morgan fingerprint density at radius 3 is 2.38 bits per heavy atom. The van der Waals surface area contributed by atoms with Gasteiger partial charge < -0.3 is 4.90 Å². The lowest BCUT2D eigenvalue weighted by molar-refractivity contribution is -0.139. The van der Waals surface area contributed by atoms with E-state index in [0.29, 0.717) is 13.0 Å². The van der Waals surface area contributed by atoms with Gasteiger partial charge in [-0.1, -0.05) is 13.3 Å². The summed E-state index contributed by atoms with van der Waals surface area (Å²) in [4.78, 5) is 30.3. The van der Waals surface area contributed by atoms with E-state index in [4.69, 9.17) is 0 Å². The highest BCUT2D eigenvalue weighted by Crippen LogP contribution is 2.23. The van der Waals surface area contributed by atoms with Crippen LogP contribution in [0.25, 0.3) is 0 Å². The Hall–Kier alpha value is -1.95. The molecule has 2 fully saturated rings. The van der Waals surface area contributed by atoms with Crippen LogP contribution in [0, 0.1) is 5.82 Å². The fraction of sp³-hybridized carbons (Fsp3) is 0.556. The van der Waals surface area contributed by atoms with Gasteiger partial charge in [0.05, 0.1) is 12.5 Å². The van der Waals surface area contributed by atoms with Gasteiger partial charge in [-0.25, -0.2) is 4.39 Å². The van der Waals surface area contributed by atoms with Crippen LogP contribution >= 0.6 is 0 Å². The number of likely N-dealkylation sites (tertiary alicyclic amines) is 1. The molecule has 130 valence electrons. The Bertz CT molecular complexity index is 597. The predicted octanol–water partition coefficient (Wildman–Crippen LogP) is 1.88. The maximum Gasteiger partial charge on any atom is 0.247 e. The predicted molar refractivity (Wildman–Crippen MR) is 90.2 cm³/mol. The lowest BCUT2D eigenvalue weighted by Crippen LogP contribution is -2.52. The van der Waals surface area contributed by atoms with Gasteiger partial charge in [-0.05, 0) is 30.7 Å². The highest BCUT2D eigenvalue weighted by molar-refractivity contribution is 6.05. The second kappa shape index (κ2) is 7.30. The van der Waals surface area contributed by atoms with Crippen LogP contribution in [0.2, 0.25) is 0 Å². The Morgan fingerprint density at radius 1 is 1.08 bits per heavy atom. The number of hydrogen-bond acceptors (Lipinski definition) is 4. The van der Waals surface area contributed by atoms with Crippen molar-refractivity contribution in [3.8, 4) is 0 Å². The molecule has 0 aliphatic carbocycles. The van der Waals surface area contributed by atoms with Gasteiger partial charge in [-0.3, -0.25) is 19.4 Å². The van der Waals surface area contributed by atoms with E-state index in [9.17, 15) is 14.0 Å². The fourth-order valence-corrected chi connectivity index (χ4v) is 3.45. The summed E-state index contributed by atoms with van der Waals surface area (Å²) in [7, 11) is 0. The number of carbonyl (C=O) groups is 2. The van der Waals surface area contributed by atoms with Crippen molar-refractivity contribution in [2.24, 2.45) is 0 Å². The number of rotatable bonds is 5. The monoisotopic (exact) mass is 333 g/mol. The fourth-order valence-electron chi connectivity index (χ4n) is 3.45. The molecule has 0 unspecified atom stereocenters. The van der Waals surface area contributed by atoms with Gasteiger partial charge in [0.15, 0.2) is 0 Å². The molecule has 3 rings (SSSR count). The van der Waals surface area contributed by atoms with Crippen molar-refractivity contribution >= 4 is 17.5 Å². The van der Waals surface area contributed by atoms with E-state index in [1.165, 1.54) is 17.0 Å². The number of unbranched alkanes of at least 4 members (excludes halogenated alkanes) is 1. The number of hydrogen-bond donors (Lipinski definition) is 0. The van der Waals surface area contributed by atoms with Crippen LogP contribution in [0.4, 0.5) is 10.1 Å². The molecule has 24 heavy (non-hydrogen) atoms. The number of imide groups is 1. The van der Waals surface area contributed by atoms with E-state index >= 15 is 0 Å². The molecule has 0 N–H and O–H groups in total. The van der Waals surface area contributed by atoms with E-state index in [1.54, 1.807) is 12.1 Å². The summed E-state index contributed by atoms with van der Waals surface area (Å²) in [6, 6.07) is 6.19. The van der Waals surface area contributed by atoms with Gasteiger partial charge in [0, 0.05) is 38.4 Å². The summed E-state index contributed by atoms with van der Waals surface area (Å²) >= 11 is 0. The average Bonchev–Trinajstić information content (AvgIpc) is 2.88. The summed E-state index contributed by atoms with van der Waals surface area (Å²) < 4.78 is 13.0. The largest absolute Gasteiger partial charge is 0.369 e. The van der Waals surface area contributed by atoms with Crippen LogP contribution in [0.3, 0.4) is 0 Å². The van der Waals surface area contributed by atoms with E-state index in [0.717, 1.165) is 44.7 Å². The number of benzene rings is 1. The molecule has 0 saturated carbocycles. The third kappa shape index (κ3) is 3.43. The van der Waals surface area contributed by atoms with Crippen molar-refractivity contribution in [2.45, 2.75) is 32.2 Å². The minimum absolute atomic E-state index is 0.0383. The van der Waals surface area contributed by atoms with E-state index in [-0.39, 0.29) is 23.7 Å². The van der Waals surface area contributed by atoms with Gasteiger partial charge >= 0.3 is 0 Å². The molecule has 2 aliphatic heterocycles. The van der Waals surface area contributed by atoms with Crippen molar-refractivity contribution < 1.29 is 14.0 Å². The van der Waals surface area contributed by atoms with Crippen molar-refractivity contribution in [3.05, 3.63) is 30.1 Å². The quantitative estimate of drug-likeness (QED) is 0.772. The number of amides is 2. The standard InChI is InChI=1S/C18H24FN3O2/c1-2-3-8-22-17(23)13-16(18(22)24)21-11-9-20(10-12-21)15-6-4-14(19)5-7-15/h4-7,16H,2-3,8-13H2,1H3/t16-/m0/s1. The molecule has 1 aromatic rings. The van der Waals surface area contributed by atoms with Crippen LogP contribution in [0.15, 0.2) is 24.3 Å². The Kier molecular flexibility index (Phi) is 5.14. The molecule has 0 spiro atoms. The zero-order chi connectivity index (χ0) is 17.1. The van der Waals surface area contributed by atoms with Crippen molar-refractivity contribution in [1.82, 2.24) is 9.80 Å². The van der Waals surface area contributed by atoms with E-state index in [2.05, 4.69) is 16.7 Å². The average molecular weight is 333 g/mol. The summed E-state index contributed by atoms with van der Waals surface area (Å²) in [6.45, 7) is 5.62. The van der Waals surface area contributed by atoms with Gasteiger partial charge in [0.1, 0.15) is 5.82 Å². The van der Waals surface area contributed by atoms with Crippen LogP contribution in [0.5, 0.6) is 0 Å². The van der Waals surface area contributed by atoms with Crippen LogP contribution in [0.1, 0.15) is 26.2 Å². The summed E-state index contributed by atoms with van der Waals surface area (Å²) in [6.07, 6.45) is 2.14. The third-order valence-corrected chi connectivity index (χ3v) is 4.90. The molecule has 6 heteroatoms. The SMILES string of the molecule is CCCCN1C(=O)C[C@H](N2CCN(c3ccc(F)cc3)CC2)C1=O. The maximum atomic E-state index is 13.0. The summed E-state index contributed by atoms with van der Waals surface area (Å²) in [5.41, 5.74) is 0.995. The lowest BCUT2D eigenvalue weighted by Gasteiger charge is -2.38. The Labute approximate surface area is 142 Å². The zero-order valence-corrected chi connectivity index (χ0v) is 14.1. The second-order valence-corrected chi connectivity index (χ2v) is 6.46. The van der Waals surface area contributed by atoms with E-state index < -0.39 is 0 Å². The molecule has 2 saturated heterocycles. The molecular weight excluding hydrogens is 309 g/mol. The third-order valence-electron chi connectivity index (χ3n) is 4.90. The number of piperazine rings is 1. The van der Waals surface area contributed by atoms with Crippen LogP contribution < -0.4 is 4.90 Å². The minimum atomic E-state index is -0.301. The molecule has 2 heterocycles. The normalized spacial score (nSPS) is 22.5. The number of anilines is 1. The zero-order valence-electron chi connectivity index (χ0n) is 14.1. The topological polar surface area (TPSA) is 43.9 Å². The molecule has 0 bridgehead atoms. The first kappa shape index (κ1) is 16.9. The molecular formula is C18H24FN3O2. The number of halogens is 1. The minimum Gasteiger partial charge on any atom is -0.369 e. The highest BCUT2D eigenvalue weighted by Gasteiger charge is 2.42. The molecule has 2 amide bonds. The summed E-state index contributed by atoms with van der Waals surface area (Å²) in [5.74, 6) is -0.317. The lowest BCUT2D eigenvalue weighted by atomic mass is 10.1.